The number of ketones is 1. The molecular weight excluding hydrogens is 212 g/mol. The van der Waals surface area contributed by atoms with Crippen molar-refractivity contribution in [3.63, 3.8) is 0 Å². The van der Waals surface area contributed by atoms with Crippen molar-refractivity contribution < 1.29 is 9.53 Å². The van der Waals surface area contributed by atoms with E-state index in [-0.39, 0.29) is 11.0 Å². The fourth-order valence-electron chi connectivity index (χ4n) is 4.39. The van der Waals surface area contributed by atoms with E-state index in [0.717, 1.165) is 31.8 Å². The van der Waals surface area contributed by atoms with E-state index in [0.29, 0.717) is 5.78 Å². The van der Waals surface area contributed by atoms with Gasteiger partial charge in [-0.2, -0.15) is 0 Å². The van der Waals surface area contributed by atoms with Crippen molar-refractivity contribution in [2.24, 2.45) is 11.3 Å². The van der Waals surface area contributed by atoms with Crippen LogP contribution in [0, 0.1) is 11.3 Å². The minimum atomic E-state index is 0.206. The molecular formula is C15H24O2. The van der Waals surface area contributed by atoms with Gasteiger partial charge >= 0.3 is 0 Å². The molecule has 0 aromatic heterocycles. The zero-order chi connectivity index (χ0) is 11.9. The Bertz CT molecular complexity index is 317. The summed E-state index contributed by atoms with van der Waals surface area (Å²) in [4.78, 5) is 11.6. The number of rotatable bonds is 1. The first-order valence-electron chi connectivity index (χ1n) is 7.28. The number of Topliss-reactive ketones (excluding diaryl/α,β-unsaturated/α-hetero) is 1. The summed E-state index contributed by atoms with van der Waals surface area (Å²) < 4.78 is 6.10. The highest BCUT2D eigenvalue weighted by Gasteiger charge is 2.48. The minimum Gasteiger partial charge on any atom is -0.375 e. The maximum Gasteiger partial charge on any atom is 0.133 e. The molecule has 2 saturated carbocycles. The molecule has 96 valence electrons. The molecule has 0 bridgehead atoms. The largest absolute Gasteiger partial charge is 0.375 e. The summed E-state index contributed by atoms with van der Waals surface area (Å²) in [5.74, 6) is 1.21. The Morgan fingerprint density at radius 1 is 1.24 bits per heavy atom. The number of hydrogen-bond acceptors (Lipinski definition) is 2. The molecule has 0 radical (unpaired) electrons. The Hall–Kier alpha value is -0.370. The van der Waals surface area contributed by atoms with Gasteiger partial charge in [0.05, 0.1) is 5.60 Å². The van der Waals surface area contributed by atoms with E-state index < -0.39 is 0 Å². The topological polar surface area (TPSA) is 26.3 Å². The van der Waals surface area contributed by atoms with Gasteiger partial charge in [0.15, 0.2) is 0 Å². The zero-order valence-electron chi connectivity index (χ0n) is 11.0. The fourth-order valence-corrected chi connectivity index (χ4v) is 4.39. The third kappa shape index (κ3) is 2.05. The van der Waals surface area contributed by atoms with Crippen LogP contribution in [-0.4, -0.2) is 18.0 Å². The second-order valence-electron chi connectivity index (χ2n) is 6.80. The predicted octanol–water partition coefficient (Wildman–Crippen LogP) is 3.49. The Kier molecular flexibility index (Phi) is 2.81. The predicted molar refractivity (Wildman–Crippen MR) is 66.8 cm³/mol. The van der Waals surface area contributed by atoms with Crippen molar-refractivity contribution in [1.29, 1.82) is 0 Å². The van der Waals surface area contributed by atoms with Crippen molar-refractivity contribution in [3.05, 3.63) is 0 Å². The Morgan fingerprint density at radius 2 is 2.00 bits per heavy atom. The molecule has 0 aromatic carbocycles. The standard InChI is InChI=1S/C15H24O2/c1-14(8-4-13(16)11-14)12-5-9-17-15(10-12)6-2-3-7-15/h12H,2-11H2,1H3. The van der Waals surface area contributed by atoms with E-state index in [9.17, 15) is 4.79 Å². The van der Waals surface area contributed by atoms with E-state index in [1.807, 2.05) is 0 Å². The average Bonchev–Trinajstić information content (AvgIpc) is 2.88. The molecule has 3 aliphatic rings. The maximum atomic E-state index is 11.6. The van der Waals surface area contributed by atoms with Gasteiger partial charge in [-0.3, -0.25) is 4.79 Å². The first-order valence-corrected chi connectivity index (χ1v) is 7.28. The summed E-state index contributed by atoms with van der Waals surface area (Å²) in [6.45, 7) is 3.27. The fraction of sp³-hybridized carbons (Fsp3) is 0.933. The van der Waals surface area contributed by atoms with E-state index in [1.165, 1.54) is 38.5 Å². The summed E-state index contributed by atoms with van der Waals surface area (Å²) in [5.41, 5.74) is 0.494. The van der Waals surface area contributed by atoms with Crippen LogP contribution in [0.15, 0.2) is 0 Å². The molecule has 17 heavy (non-hydrogen) atoms. The quantitative estimate of drug-likeness (QED) is 0.696. The SMILES string of the molecule is CC1(C2CCOC3(CCCC3)C2)CCC(=O)C1. The molecule has 2 aliphatic carbocycles. The van der Waals surface area contributed by atoms with Crippen LogP contribution in [-0.2, 0) is 9.53 Å². The lowest BCUT2D eigenvalue weighted by Gasteiger charge is -2.44. The minimum absolute atomic E-state index is 0.206. The molecule has 1 spiro atoms. The van der Waals surface area contributed by atoms with Crippen LogP contribution in [0.5, 0.6) is 0 Å². The molecule has 1 heterocycles. The van der Waals surface area contributed by atoms with Crippen LogP contribution < -0.4 is 0 Å². The van der Waals surface area contributed by atoms with Gasteiger partial charge in [0, 0.05) is 19.4 Å². The summed E-state index contributed by atoms with van der Waals surface area (Å²) in [6.07, 6.45) is 10.3. The van der Waals surface area contributed by atoms with E-state index in [4.69, 9.17) is 4.74 Å². The maximum absolute atomic E-state index is 11.6. The van der Waals surface area contributed by atoms with Gasteiger partial charge in [-0.15, -0.1) is 0 Å². The van der Waals surface area contributed by atoms with Gasteiger partial charge in [0.2, 0.25) is 0 Å². The second kappa shape index (κ2) is 4.08. The Labute approximate surface area is 104 Å². The number of ether oxygens (including phenoxy) is 1. The normalized spacial score (nSPS) is 41.2. The molecule has 2 nitrogen and oxygen atoms in total. The molecule has 1 saturated heterocycles. The Balaban J connectivity index is 1.73. The lowest BCUT2D eigenvalue weighted by atomic mass is 9.68. The molecule has 1 aliphatic heterocycles. The summed E-state index contributed by atoms with van der Waals surface area (Å²) >= 11 is 0. The van der Waals surface area contributed by atoms with Crippen molar-refractivity contribution in [2.45, 2.75) is 70.3 Å². The zero-order valence-corrected chi connectivity index (χ0v) is 11.0. The van der Waals surface area contributed by atoms with Crippen molar-refractivity contribution >= 4 is 5.78 Å². The molecule has 2 atom stereocenters. The summed E-state index contributed by atoms with van der Waals surface area (Å²) in [6, 6.07) is 0. The molecule has 2 heteroatoms. The Morgan fingerprint density at radius 3 is 2.65 bits per heavy atom. The average molecular weight is 236 g/mol. The van der Waals surface area contributed by atoms with Gasteiger partial charge < -0.3 is 4.74 Å². The third-order valence-corrected chi connectivity index (χ3v) is 5.57. The highest BCUT2D eigenvalue weighted by molar-refractivity contribution is 5.81. The van der Waals surface area contributed by atoms with Crippen LogP contribution in [0.2, 0.25) is 0 Å². The summed E-state index contributed by atoms with van der Waals surface area (Å²) in [5, 5.41) is 0. The molecule has 3 rings (SSSR count). The summed E-state index contributed by atoms with van der Waals surface area (Å²) in [7, 11) is 0. The highest BCUT2D eigenvalue weighted by atomic mass is 16.5. The number of carbonyl (C=O) groups is 1. The first-order chi connectivity index (χ1) is 8.12. The van der Waals surface area contributed by atoms with Crippen LogP contribution in [0.25, 0.3) is 0 Å². The number of carbonyl (C=O) groups excluding carboxylic acids is 1. The van der Waals surface area contributed by atoms with Crippen molar-refractivity contribution in [3.8, 4) is 0 Å². The lowest BCUT2D eigenvalue weighted by Crippen LogP contribution is -2.42. The molecule has 0 amide bonds. The van der Waals surface area contributed by atoms with Crippen molar-refractivity contribution in [1.82, 2.24) is 0 Å². The van der Waals surface area contributed by atoms with E-state index in [2.05, 4.69) is 6.92 Å². The van der Waals surface area contributed by atoms with E-state index in [1.54, 1.807) is 0 Å². The molecule has 2 unspecified atom stereocenters. The first kappa shape index (κ1) is 11.7. The van der Waals surface area contributed by atoms with Gasteiger partial charge in [0.1, 0.15) is 5.78 Å². The van der Waals surface area contributed by atoms with Gasteiger partial charge in [-0.25, -0.2) is 0 Å². The highest BCUT2D eigenvalue weighted by Crippen LogP contribution is 2.52. The lowest BCUT2D eigenvalue weighted by molar-refractivity contribution is -0.123. The molecule has 0 N–H and O–H groups in total. The van der Waals surface area contributed by atoms with Gasteiger partial charge in [0.25, 0.3) is 0 Å². The molecule has 0 aromatic rings. The van der Waals surface area contributed by atoms with Crippen LogP contribution in [0.1, 0.15) is 64.7 Å². The van der Waals surface area contributed by atoms with Crippen molar-refractivity contribution in [2.75, 3.05) is 6.61 Å². The van der Waals surface area contributed by atoms with Crippen LogP contribution >= 0.6 is 0 Å². The van der Waals surface area contributed by atoms with Crippen LogP contribution in [0.3, 0.4) is 0 Å². The van der Waals surface area contributed by atoms with Gasteiger partial charge in [-0.1, -0.05) is 19.8 Å². The number of hydrogen-bond donors (Lipinski definition) is 0. The monoisotopic (exact) mass is 236 g/mol. The third-order valence-electron chi connectivity index (χ3n) is 5.57. The second-order valence-corrected chi connectivity index (χ2v) is 6.80. The van der Waals surface area contributed by atoms with Gasteiger partial charge in [-0.05, 0) is 43.4 Å². The smallest absolute Gasteiger partial charge is 0.133 e. The van der Waals surface area contributed by atoms with E-state index >= 15 is 0 Å². The molecule has 3 fully saturated rings. The van der Waals surface area contributed by atoms with Crippen LogP contribution in [0.4, 0.5) is 0 Å².